The van der Waals surface area contributed by atoms with E-state index >= 15 is 0 Å². The number of Topliss-reactive ketones (excluding diaryl/α,β-unsaturated/α-hetero) is 1. The molecule has 0 aromatic heterocycles. The smallest absolute Gasteiger partial charge is 0.314 e. The van der Waals surface area contributed by atoms with Crippen molar-refractivity contribution < 1.29 is 14.3 Å². The Hall–Kier alpha value is -1.74. The van der Waals surface area contributed by atoms with Crippen LogP contribution in [0.3, 0.4) is 0 Å². The molecule has 0 aromatic rings. The molecule has 0 aliphatic carbocycles. The first-order valence-electron chi connectivity index (χ1n) is 4.66. The van der Waals surface area contributed by atoms with Gasteiger partial charge in [-0.05, 0) is 24.7 Å². The molecule has 0 amide bonds. The molecule has 0 bridgehead atoms. The minimum Gasteiger partial charge on any atom is -0.452 e. The maximum Gasteiger partial charge on any atom is 0.314 e. The van der Waals surface area contributed by atoms with E-state index in [0.29, 0.717) is 0 Å². The second-order valence-corrected chi connectivity index (χ2v) is 3.27. The number of hydrogen-bond acceptors (Lipinski definition) is 3. The normalized spacial score (nSPS) is 8.27. The molecule has 0 aliphatic rings. The SMILES string of the molecule is CC(=O)CC(=O)OCC#CC#CC(C)C. The molecule has 3 heteroatoms. The standard InChI is InChI=1S/C12H14O3/c1-10(2)7-5-4-6-8-15-12(14)9-11(3)13/h10H,8-9H2,1-3H3. The van der Waals surface area contributed by atoms with Gasteiger partial charge in [0, 0.05) is 5.92 Å². The van der Waals surface area contributed by atoms with Gasteiger partial charge in [0.15, 0.2) is 6.61 Å². The van der Waals surface area contributed by atoms with Crippen molar-refractivity contribution in [3.05, 3.63) is 0 Å². The van der Waals surface area contributed by atoms with Crippen LogP contribution in [0.15, 0.2) is 0 Å². The van der Waals surface area contributed by atoms with E-state index in [1.807, 2.05) is 13.8 Å². The molecule has 0 unspecified atom stereocenters. The molecule has 0 heterocycles. The van der Waals surface area contributed by atoms with Crippen LogP contribution in [0.1, 0.15) is 27.2 Å². The van der Waals surface area contributed by atoms with E-state index in [4.69, 9.17) is 0 Å². The average Bonchev–Trinajstić information content (AvgIpc) is 2.09. The summed E-state index contributed by atoms with van der Waals surface area (Å²) in [6.07, 6.45) is -0.195. The Morgan fingerprint density at radius 3 is 2.47 bits per heavy atom. The zero-order chi connectivity index (χ0) is 11.7. The molecule has 0 radical (unpaired) electrons. The van der Waals surface area contributed by atoms with Gasteiger partial charge in [-0.1, -0.05) is 19.8 Å². The van der Waals surface area contributed by atoms with Crippen molar-refractivity contribution in [3.8, 4) is 23.7 Å². The van der Waals surface area contributed by atoms with Crippen LogP contribution in [0.4, 0.5) is 0 Å². The molecule has 0 aromatic carbocycles. The van der Waals surface area contributed by atoms with Gasteiger partial charge in [0.1, 0.15) is 12.2 Å². The molecular weight excluding hydrogens is 192 g/mol. The van der Waals surface area contributed by atoms with Crippen LogP contribution >= 0.6 is 0 Å². The average molecular weight is 206 g/mol. The molecule has 0 rings (SSSR count). The number of ether oxygens (including phenoxy) is 1. The Bertz CT molecular complexity index is 345. The van der Waals surface area contributed by atoms with Crippen molar-refractivity contribution in [1.82, 2.24) is 0 Å². The summed E-state index contributed by atoms with van der Waals surface area (Å²) in [5.74, 6) is 10.1. The summed E-state index contributed by atoms with van der Waals surface area (Å²) in [6.45, 7) is 5.24. The lowest BCUT2D eigenvalue weighted by Gasteiger charge is -1.95. The molecular formula is C12H14O3. The highest BCUT2D eigenvalue weighted by atomic mass is 16.5. The summed E-state index contributed by atoms with van der Waals surface area (Å²) in [5, 5.41) is 0. The third-order valence-corrected chi connectivity index (χ3v) is 1.21. The maximum absolute atomic E-state index is 10.8. The second kappa shape index (κ2) is 7.64. The Kier molecular flexibility index (Phi) is 6.76. The predicted octanol–water partition coefficient (Wildman–Crippen LogP) is 1.17. The molecule has 0 N–H and O–H groups in total. The molecule has 0 atom stereocenters. The van der Waals surface area contributed by atoms with Gasteiger partial charge in [0.2, 0.25) is 0 Å². The first kappa shape index (κ1) is 13.3. The van der Waals surface area contributed by atoms with Crippen LogP contribution in [-0.2, 0) is 14.3 Å². The van der Waals surface area contributed by atoms with Gasteiger partial charge in [0.25, 0.3) is 0 Å². The second-order valence-electron chi connectivity index (χ2n) is 3.27. The van der Waals surface area contributed by atoms with E-state index < -0.39 is 5.97 Å². The van der Waals surface area contributed by atoms with E-state index in [1.54, 1.807) is 0 Å². The van der Waals surface area contributed by atoms with E-state index in [2.05, 4.69) is 28.4 Å². The lowest BCUT2D eigenvalue weighted by Crippen LogP contribution is -2.08. The van der Waals surface area contributed by atoms with Crippen LogP contribution < -0.4 is 0 Å². The van der Waals surface area contributed by atoms with E-state index in [0.717, 1.165) is 0 Å². The molecule has 80 valence electrons. The highest BCUT2D eigenvalue weighted by Crippen LogP contribution is 1.87. The number of carbonyl (C=O) groups excluding carboxylic acids is 2. The monoisotopic (exact) mass is 206 g/mol. The predicted molar refractivity (Wildman–Crippen MR) is 56.6 cm³/mol. The summed E-state index contributed by atoms with van der Waals surface area (Å²) in [6, 6.07) is 0. The van der Waals surface area contributed by atoms with Crippen molar-refractivity contribution in [2.45, 2.75) is 27.2 Å². The van der Waals surface area contributed by atoms with Gasteiger partial charge in [0.05, 0.1) is 0 Å². The summed E-state index contributed by atoms with van der Waals surface area (Å²) < 4.78 is 4.66. The van der Waals surface area contributed by atoms with Crippen molar-refractivity contribution in [1.29, 1.82) is 0 Å². The lowest BCUT2D eigenvalue weighted by atomic mass is 10.2. The van der Waals surface area contributed by atoms with Crippen molar-refractivity contribution >= 4 is 11.8 Å². The van der Waals surface area contributed by atoms with E-state index in [9.17, 15) is 9.59 Å². The molecule has 0 spiro atoms. The fraction of sp³-hybridized carbons (Fsp3) is 0.500. The number of esters is 1. The Morgan fingerprint density at radius 1 is 1.27 bits per heavy atom. The third kappa shape index (κ3) is 10.2. The molecule has 0 saturated carbocycles. The van der Waals surface area contributed by atoms with Gasteiger partial charge < -0.3 is 4.74 Å². The number of ketones is 1. The van der Waals surface area contributed by atoms with Crippen LogP contribution in [0.2, 0.25) is 0 Å². The van der Waals surface area contributed by atoms with Gasteiger partial charge in [-0.2, -0.15) is 0 Å². The third-order valence-electron chi connectivity index (χ3n) is 1.21. The molecule has 3 nitrogen and oxygen atoms in total. The Morgan fingerprint density at radius 2 is 1.93 bits per heavy atom. The molecule has 0 saturated heterocycles. The minimum atomic E-state index is -0.548. The topological polar surface area (TPSA) is 43.4 Å². The summed E-state index contributed by atoms with van der Waals surface area (Å²) in [5.41, 5.74) is 0. The summed E-state index contributed by atoms with van der Waals surface area (Å²) >= 11 is 0. The zero-order valence-electron chi connectivity index (χ0n) is 9.22. The maximum atomic E-state index is 10.8. The van der Waals surface area contributed by atoms with Crippen LogP contribution in [0.5, 0.6) is 0 Å². The highest BCUT2D eigenvalue weighted by Gasteiger charge is 2.04. The largest absolute Gasteiger partial charge is 0.452 e. The van der Waals surface area contributed by atoms with Gasteiger partial charge >= 0.3 is 5.97 Å². The lowest BCUT2D eigenvalue weighted by molar-refractivity contribution is -0.144. The number of carbonyl (C=O) groups is 2. The van der Waals surface area contributed by atoms with Crippen molar-refractivity contribution in [3.63, 3.8) is 0 Å². The van der Waals surface area contributed by atoms with Crippen LogP contribution in [0.25, 0.3) is 0 Å². The van der Waals surface area contributed by atoms with Gasteiger partial charge in [-0.3, -0.25) is 9.59 Å². The zero-order valence-corrected chi connectivity index (χ0v) is 9.22. The Labute approximate surface area is 90.2 Å². The quantitative estimate of drug-likeness (QED) is 0.395. The van der Waals surface area contributed by atoms with Crippen molar-refractivity contribution in [2.24, 2.45) is 5.92 Å². The molecule has 0 fully saturated rings. The first-order valence-corrected chi connectivity index (χ1v) is 4.66. The minimum absolute atomic E-state index is 0.0150. The summed E-state index contributed by atoms with van der Waals surface area (Å²) in [7, 11) is 0. The molecule has 15 heavy (non-hydrogen) atoms. The fourth-order valence-electron chi connectivity index (χ4n) is 0.632. The van der Waals surface area contributed by atoms with Gasteiger partial charge in [-0.25, -0.2) is 0 Å². The van der Waals surface area contributed by atoms with E-state index in [-0.39, 0.29) is 24.7 Å². The molecule has 0 aliphatic heterocycles. The fourth-order valence-corrected chi connectivity index (χ4v) is 0.632. The highest BCUT2D eigenvalue weighted by molar-refractivity contribution is 5.94. The van der Waals surface area contributed by atoms with E-state index in [1.165, 1.54) is 6.92 Å². The Balaban J connectivity index is 3.76. The van der Waals surface area contributed by atoms with Crippen molar-refractivity contribution in [2.75, 3.05) is 6.61 Å². The van der Waals surface area contributed by atoms with Gasteiger partial charge in [-0.15, -0.1) is 0 Å². The van der Waals surface area contributed by atoms with Crippen LogP contribution in [-0.4, -0.2) is 18.4 Å². The summed E-state index contributed by atoms with van der Waals surface area (Å²) in [4.78, 5) is 21.4. The first-order chi connectivity index (χ1) is 7.02. The number of hydrogen-bond donors (Lipinski definition) is 0. The van der Waals surface area contributed by atoms with Crippen LogP contribution in [0, 0.1) is 29.6 Å². The number of rotatable bonds is 3.